The van der Waals surface area contributed by atoms with E-state index in [-0.39, 0.29) is 10.6 Å². The van der Waals surface area contributed by atoms with Gasteiger partial charge in [0.15, 0.2) is 11.5 Å². The highest BCUT2D eigenvalue weighted by Gasteiger charge is 2.15. The maximum Gasteiger partial charge on any atom is 0.339 e. The first-order chi connectivity index (χ1) is 15.9. The maximum absolute atomic E-state index is 12.3. The van der Waals surface area contributed by atoms with E-state index in [1.165, 1.54) is 37.6 Å². The molecule has 3 rings (SSSR count). The van der Waals surface area contributed by atoms with Crippen molar-refractivity contribution in [1.29, 1.82) is 0 Å². The Morgan fingerprint density at radius 2 is 1.76 bits per heavy atom. The fraction of sp³-hybridized carbons (Fsp3) is 0.0833. The van der Waals surface area contributed by atoms with Gasteiger partial charge in [-0.2, -0.15) is 13.5 Å². The number of carbonyl (C=O) groups is 1. The Balaban J connectivity index is 1.60. The molecule has 8 nitrogen and oxygen atoms in total. The quantitative estimate of drug-likeness (QED) is 0.211. The number of hydrazone groups is 1. The molecule has 0 saturated heterocycles. The topological polar surface area (TPSA) is 103 Å². The van der Waals surface area contributed by atoms with Crippen LogP contribution >= 0.6 is 0 Å². The number of carbonyl (C=O) groups excluding carboxylic acids is 1. The fourth-order valence-corrected chi connectivity index (χ4v) is 3.63. The minimum absolute atomic E-state index is 0.0651. The zero-order chi connectivity index (χ0) is 23.7. The summed E-state index contributed by atoms with van der Waals surface area (Å²) in [6, 6.07) is 18.8. The third-order valence-electron chi connectivity index (χ3n) is 4.28. The highest BCUT2D eigenvalue weighted by molar-refractivity contribution is 7.87. The number of methoxy groups -OCH3 is 1. The van der Waals surface area contributed by atoms with Crippen molar-refractivity contribution >= 4 is 22.2 Å². The van der Waals surface area contributed by atoms with Gasteiger partial charge in [0, 0.05) is 5.56 Å². The summed E-state index contributed by atoms with van der Waals surface area (Å²) >= 11 is 0. The van der Waals surface area contributed by atoms with Gasteiger partial charge in [-0.1, -0.05) is 30.9 Å². The van der Waals surface area contributed by atoms with Crippen molar-refractivity contribution in [3.05, 3.63) is 96.6 Å². The molecule has 0 aliphatic rings. The van der Waals surface area contributed by atoms with Gasteiger partial charge in [-0.05, 0) is 60.2 Å². The lowest BCUT2D eigenvalue weighted by atomic mass is 10.2. The summed E-state index contributed by atoms with van der Waals surface area (Å²) in [4.78, 5) is 12.4. The number of amides is 1. The average molecular weight is 467 g/mol. The smallest absolute Gasteiger partial charge is 0.339 e. The monoisotopic (exact) mass is 466 g/mol. The zero-order valence-electron chi connectivity index (χ0n) is 17.8. The van der Waals surface area contributed by atoms with E-state index in [1.807, 2.05) is 0 Å². The molecule has 0 aliphatic heterocycles. The zero-order valence-corrected chi connectivity index (χ0v) is 18.6. The lowest BCUT2D eigenvalue weighted by molar-refractivity contribution is 0.0954. The molecule has 0 atom stereocenters. The first-order valence-electron chi connectivity index (χ1n) is 9.77. The van der Waals surface area contributed by atoms with Crippen LogP contribution in [0.5, 0.6) is 17.2 Å². The van der Waals surface area contributed by atoms with E-state index in [1.54, 1.807) is 54.6 Å². The summed E-state index contributed by atoms with van der Waals surface area (Å²) in [5.74, 6) is 0.628. The molecule has 33 heavy (non-hydrogen) atoms. The normalized spacial score (nSPS) is 11.1. The standard InChI is InChI=1S/C24H22N2O6S/c1-3-15-31-22-14-11-19(16-23(22)30-2)24(27)26-25-17-18-9-12-20(13-10-18)32-33(28,29)21-7-5-4-6-8-21/h3-14,16-17H,1,15H2,2H3,(H,26,27)/b25-17+. The Morgan fingerprint density at radius 1 is 1.03 bits per heavy atom. The predicted molar refractivity (Wildman–Crippen MR) is 124 cm³/mol. The van der Waals surface area contributed by atoms with Crippen LogP contribution in [0.25, 0.3) is 0 Å². The van der Waals surface area contributed by atoms with E-state index in [0.717, 1.165) is 0 Å². The van der Waals surface area contributed by atoms with Crippen LogP contribution in [0.1, 0.15) is 15.9 Å². The lowest BCUT2D eigenvalue weighted by Crippen LogP contribution is -2.17. The summed E-state index contributed by atoms with van der Waals surface area (Å²) < 4.78 is 40.4. The van der Waals surface area contributed by atoms with Crippen LogP contribution < -0.4 is 19.1 Å². The Kier molecular flexibility index (Phi) is 7.82. The molecule has 0 fully saturated rings. The van der Waals surface area contributed by atoms with Gasteiger partial charge in [-0.25, -0.2) is 5.43 Å². The molecule has 0 heterocycles. The number of nitrogens with zero attached hydrogens (tertiary/aromatic N) is 1. The Morgan fingerprint density at radius 3 is 2.42 bits per heavy atom. The van der Waals surface area contributed by atoms with E-state index in [9.17, 15) is 13.2 Å². The van der Waals surface area contributed by atoms with Gasteiger partial charge in [-0.3, -0.25) is 4.79 Å². The Hall–Kier alpha value is -4.11. The van der Waals surface area contributed by atoms with Crippen LogP contribution in [-0.4, -0.2) is 34.3 Å². The predicted octanol–water partition coefficient (Wildman–Crippen LogP) is 3.79. The maximum atomic E-state index is 12.3. The van der Waals surface area contributed by atoms with Gasteiger partial charge in [0.25, 0.3) is 5.91 Å². The van der Waals surface area contributed by atoms with E-state index in [2.05, 4.69) is 17.1 Å². The number of benzene rings is 3. The van der Waals surface area contributed by atoms with Crippen molar-refractivity contribution in [2.24, 2.45) is 5.10 Å². The number of nitrogens with one attached hydrogen (secondary N) is 1. The average Bonchev–Trinajstić information content (AvgIpc) is 2.84. The summed E-state index contributed by atoms with van der Waals surface area (Å²) in [5.41, 5.74) is 3.39. The molecular weight excluding hydrogens is 444 g/mol. The van der Waals surface area contributed by atoms with Crippen LogP contribution in [0.4, 0.5) is 0 Å². The summed E-state index contributed by atoms with van der Waals surface area (Å²) in [6.45, 7) is 3.90. The van der Waals surface area contributed by atoms with E-state index in [0.29, 0.717) is 29.2 Å². The molecule has 0 saturated carbocycles. The summed E-state index contributed by atoms with van der Waals surface area (Å²) in [6.07, 6.45) is 3.03. The van der Waals surface area contributed by atoms with E-state index in [4.69, 9.17) is 13.7 Å². The third-order valence-corrected chi connectivity index (χ3v) is 5.54. The van der Waals surface area contributed by atoms with Gasteiger partial charge >= 0.3 is 10.1 Å². The molecule has 1 N–H and O–H groups in total. The summed E-state index contributed by atoms with van der Waals surface area (Å²) in [7, 11) is -2.43. The molecule has 1 amide bonds. The van der Waals surface area contributed by atoms with Gasteiger partial charge in [0.1, 0.15) is 17.3 Å². The minimum atomic E-state index is -3.91. The highest BCUT2D eigenvalue weighted by Crippen LogP contribution is 2.28. The molecule has 170 valence electrons. The van der Waals surface area contributed by atoms with Gasteiger partial charge in [-0.15, -0.1) is 0 Å². The van der Waals surface area contributed by atoms with Crippen LogP contribution in [0.2, 0.25) is 0 Å². The van der Waals surface area contributed by atoms with Crippen LogP contribution in [-0.2, 0) is 10.1 Å². The Bertz CT molecular complexity index is 1240. The molecule has 9 heteroatoms. The van der Waals surface area contributed by atoms with Crippen LogP contribution in [0.3, 0.4) is 0 Å². The molecule has 3 aromatic carbocycles. The Labute approximate surface area is 192 Å². The molecule has 0 radical (unpaired) electrons. The first kappa shape index (κ1) is 23.6. The SMILES string of the molecule is C=CCOc1ccc(C(=O)N/N=C/c2ccc(OS(=O)(=O)c3ccccc3)cc2)cc1OC. The first-order valence-corrected chi connectivity index (χ1v) is 11.2. The van der Waals surface area contributed by atoms with Crippen molar-refractivity contribution in [3.63, 3.8) is 0 Å². The minimum Gasteiger partial charge on any atom is -0.493 e. The number of hydrogen-bond acceptors (Lipinski definition) is 7. The lowest BCUT2D eigenvalue weighted by Gasteiger charge is -2.10. The third kappa shape index (κ3) is 6.44. The molecule has 3 aromatic rings. The van der Waals surface area contributed by atoms with Crippen molar-refractivity contribution in [2.75, 3.05) is 13.7 Å². The molecule has 0 unspecified atom stereocenters. The second-order valence-electron chi connectivity index (χ2n) is 6.58. The second kappa shape index (κ2) is 11.0. The number of hydrogen-bond donors (Lipinski definition) is 1. The van der Waals surface area contributed by atoms with Gasteiger partial charge in [0.05, 0.1) is 13.3 Å². The fourth-order valence-electron chi connectivity index (χ4n) is 2.68. The molecular formula is C24H22N2O6S. The summed E-state index contributed by atoms with van der Waals surface area (Å²) in [5, 5.41) is 3.93. The van der Waals surface area contributed by atoms with Crippen molar-refractivity contribution < 1.29 is 26.9 Å². The molecule has 0 aliphatic carbocycles. The second-order valence-corrected chi connectivity index (χ2v) is 8.13. The number of ether oxygens (including phenoxy) is 2. The highest BCUT2D eigenvalue weighted by atomic mass is 32.2. The van der Waals surface area contributed by atoms with Crippen molar-refractivity contribution in [2.45, 2.75) is 4.90 Å². The van der Waals surface area contributed by atoms with Gasteiger partial charge < -0.3 is 13.7 Å². The largest absolute Gasteiger partial charge is 0.493 e. The molecule has 0 spiro atoms. The molecule has 0 bridgehead atoms. The van der Waals surface area contributed by atoms with Crippen LogP contribution in [0, 0.1) is 0 Å². The van der Waals surface area contributed by atoms with Crippen molar-refractivity contribution in [1.82, 2.24) is 5.43 Å². The van der Waals surface area contributed by atoms with E-state index >= 15 is 0 Å². The van der Waals surface area contributed by atoms with Crippen molar-refractivity contribution in [3.8, 4) is 17.2 Å². The molecule has 0 aromatic heterocycles. The van der Waals surface area contributed by atoms with Crippen LogP contribution in [0.15, 0.2) is 95.4 Å². The van der Waals surface area contributed by atoms with Gasteiger partial charge in [0.2, 0.25) is 0 Å². The number of rotatable bonds is 10. The van der Waals surface area contributed by atoms with E-state index < -0.39 is 16.0 Å².